The maximum Gasteiger partial charge on any atom is 0.262 e. The van der Waals surface area contributed by atoms with Crippen LogP contribution in [0.4, 0.5) is 0 Å². The third-order valence-electron chi connectivity index (χ3n) is 11.3. The lowest BCUT2D eigenvalue weighted by atomic mass is 9.75. The van der Waals surface area contributed by atoms with Crippen molar-refractivity contribution in [1.82, 2.24) is 20.4 Å². The first-order valence-electron chi connectivity index (χ1n) is 20.0. The Morgan fingerprint density at radius 1 is 0.765 bits per heavy atom. The van der Waals surface area contributed by atoms with E-state index in [1.807, 2.05) is 0 Å². The van der Waals surface area contributed by atoms with Gasteiger partial charge in [-0.1, -0.05) is 93.9 Å². The van der Waals surface area contributed by atoms with E-state index in [1.54, 1.807) is 0 Å². The Balaban J connectivity index is 1.81. The van der Waals surface area contributed by atoms with E-state index in [4.69, 9.17) is 0 Å². The molecule has 0 aromatic rings. The Morgan fingerprint density at radius 2 is 1.22 bits per heavy atom. The van der Waals surface area contributed by atoms with Gasteiger partial charge in [0.2, 0.25) is 0 Å². The molecule has 0 spiro atoms. The Hall–Kier alpha value is -3.52. The molecular formula is C43H68N6O2. The summed E-state index contributed by atoms with van der Waals surface area (Å²) in [5.41, 5.74) is 4.38. The zero-order chi connectivity index (χ0) is 37.8. The number of nitrogens with one attached hydrogen (secondary N) is 2. The maximum atomic E-state index is 13.4. The molecule has 282 valence electrons. The number of carbonyl (C=O) groups is 2. The van der Waals surface area contributed by atoms with Crippen molar-refractivity contribution in [3.63, 3.8) is 0 Å². The Kier molecular flexibility index (Phi) is 15.9. The standard InChI is InChI=1S/C43H68N6O2/c1-10-14-16-32(12-3)28-46-40(50)38(26-44)34-20-36(24-42(6,7)22-34)48-18-19-49(31(5)30-48)37-21-35(23-43(8,9)25-37)39(27-45)41(51)47-29-33(13-4)17-15-11-2/h20-21,31-33H,10-19,22-25,28-30H2,1-9H3,(H,46,50)(H,47,51)/b38-34-,39-35-. The zero-order valence-electron chi connectivity index (χ0n) is 33.5. The van der Waals surface area contributed by atoms with E-state index in [2.05, 4.69) is 107 Å². The third-order valence-corrected chi connectivity index (χ3v) is 11.3. The number of piperazine rings is 1. The molecule has 1 saturated heterocycles. The first-order chi connectivity index (χ1) is 24.2. The minimum atomic E-state index is -0.253. The van der Waals surface area contributed by atoms with Crippen LogP contribution in [0.5, 0.6) is 0 Å². The number of allylic oxidation sites excluding steroid dienone is 6. The Labute approximate surface area is 310 Å². The summed E-state index contributed by atoms with van der Waals surface area (Å²) in [5.74, 6) is 0.353. The first-order valence-corrected chi connectivity index (χ1v) is 20.0. The number of rotatable bonds is 16. The van der Waals surface area contributed by atoms with Crippen molar-refractivity contribution < 1.29 is 9.59 Å². The van der Waals surface area contributed by atoms with Crippen molar-refractivity contribution in [3.8, 4) is 12.1 Å². The minimum Gasteiger partial charge on any atom is -0.371 e. The number of nitrogens with zero attached hydrogens (tertiary/aromatic N) is 4. The lowest BCUT2D eigenvalue weighted by Gasteiger charge is -2.48. The normalized spacial score (nSPS) is 23.2. The van der Waals surface area contributed by atoms with Crippen LogP contribution in [0.25, 0.3) is 0 Å². The second-order valence-electron chi connectivity index (χ2n) is 17.1. The van der Waals surface area contributed by atoms with Gasteiger partial charge in [-0.05, 0) is 91.4 Å². The lowest BCUT2D eigenvalue weighted by molar-refractivity contribution is -0.118. The van der Waals surface area contributed by atoms with Crippen molar-refractivity contribution in [2.75, 3.05) is 32.7 Å². The molecule has 0 saturated carbocycles. The fraction of sp³-hybridized carbons (Fsp3) is 0.721. The smallest absolute Gasteiger partial charge is 0.262 e. The van der Waals surface area contributed by atoms with Crippen molar-refractivity contribution in [2.45, 2.75) is 145 Å². The molecule has 2 amide bonds. The van der Waals surface area contributed by atoms with Crippen LogP contribution in [0, 0.1) is 45.3 Å². The molecular weight excluding hydrogens is 633 g/mol. The maximum absolute atomic E-state index is 13.4. The molecule has 1 aliphatic heterocycles. The SMILES string of the molecule is CCCCC(CC)CNC(=O)/C(C#N)=C1/C=C(N2CCN(C3=C/C(=C(\C#N)C(=O)NCC(CC)CCCC)CC(C)(C)C3)C(C)C2)CC(C)(C)C1. The molecule has 2 N–H and O–H groups in total. The van der Waals surface area contributed by atoms with Crippen LogP contribution in [-0.4, -0.2) is 60.4 Å². The van der Waals surface area contributed by atoms with Gasteiger partial charge in [-0.25, -0.2) is 0 Å². The van der Waals surface area contributed by atoms with Crippen molar-refractivity contribution >= 4 is 11.8 Å². The predicted octanol–water partition coefficient (Wildman–Crippen LogP) is 8.71. The van der Waals surface area contributed by atoms with Gasteiger partial charge in [0.1, 0.15) is 23.3 Å². The van der Waals surface area contributed by atoms with Crippen LogP contribution in [0.1, 0.15) is 139 Å². The highest BCUT2D eigenvalue weighted by molar-refractivity contribution is 5.99. The molecule has 8 nitrogen and oxygen atoms in total. The Morgan fingerprint density at radius 3 is 1.63 bits per heavy atom. The molecule has 51 heavy (non-hydrogen) atoms. The van der Waals surface area contributed by atoms with Crippen molar-refractivity contribution in [3.05, 3.63) is 45.8 Å². The largest absolute Gasteiger partial charge is 0.371 e. The number of hydrogen-bond donors (Lipinski definition) is 2. The van der Waals surface area contributed by atoms with Gasteiger partial charge in [0.05, 0.1) is 0 Å². The van der Waals surface area contributed by atoms with Gasteiger partial charge in [0, 0.05) is 50.2 Å². The first kappa shape index (κ1) is 41.9. The second kappa shape index (κ2) is 19.4. The molecule has 3 aliphatic rings. The Bertz CT molecular complexity index is 1430. The molecule has 3 atom stereocenters. The predicted molar refractivity (Wildman–Crippen MR) is 208 cm³/mol. The molecule has 1 fully saturated rings. The van der Waals surface area contributed by atoms with Crippen molar-refractivity contribution in [1.29, 1.82) is 10.5 Å². The molecule has 1 heterocycles. The van der Waals surface area contributed by atoms with E-state index in [1.165, 1.54) is 11.4 Å². The van der Waals surface area contributed by atoms with Gasteiger partial charge >= 0.3 is 0 Å². The van der Waals surface area contributed by atoms with E-state index in [9.17, 15) is 20.1 Å². The molecule has 8 heteroatoms. The summed E-state index contributed by atoms with van der Waals surface area (Å²) in [6.07, 6.45) is 16.2. The molecule has 0 aromatic heterocycles. The molecule has 2 aliphatic carbocycles. The highest BCUT2D eigenvalue weighted by atomic mass is 16.2. The number of unbranched alkanes of at least 4 members (excludes halogenated alkanes) is 2. The van der Waals surface area contributed by atoms with Gasteiger partial charge in [0.25, 0.3) is 11.8 Å². The van der Waals surface area contributed by atoms with Gasteiger partial charge in [0.15, 0.2) is 0 Å². The van der Waals surface area contributed by atoms with Gasteiger partial charge in [-0.2, -0.15) is 10.5 Å². The van der Waals surface area contributed by atoms with Gasteiger partial charge < -0.3 is 20.4 Å². The molecule has 3 unspecified atom stereocenters. The number of carbonyl (C=O) groups excluding carboxylic acids is 2. The third kappa shape index (κ3) is 12.0. The zero-order valence-corrected chi connectivity index (χ0v) is 33.5. The molecule has 0 radical (unpaired) electrons. The summed E-state index contributed by atoms with van der Waals surface area (Å²) in [4.78, 5) is 31.6. The second-order valence-corrected chi connectivity index (χ2v) is 17.1. The van der Waals surface area contributed by atoms with Crippen LogP contribution in [-0.2, 0) is 9.59 Å². The topological polar surface area (TPSA) is 112 Å². The average Bonchev–Trinajstić information content (AvgIpc) is 3.07. The fourth-order valence-electron chi connectivity index (χ4n) is 8.17. The number of hydrogen-bond acceptors (Lipinski definition) is 6. The lowest BCUT2D eigenvalue weighted by Crippen LogP contribution is -2.52. The van der Waals surface area contributed by atoms with Crippen LogP contribution in [0.15, 0.2) is 45.8 Å². The van der Waals surface area contributed by atoms with E-state index in [0.29, 0.717) is 37.8 Å². The van der Waals surface area contributed by atoms with E-state index < -0.39 is 0 Å². The minimum absolute atomic E-state index is 0.0771. The van der Waals surface area contributed by atoms with Crippen LogP contribution in [0.2, 0.25) is 0 Å². The van der Waals surface area contributed by atoms with Crippen LogP contribution >= 0.6 is 0 Å². The summed E-state index contributed by atoms with van der Waals surface area (Å²) in [5, 5.41) is 26.5. The summed E-state index contributed by atoms with van der Waals surface area (Å²) in [6, 6.07) is 4.74. The molecule has 3 rings (SSSR count). The van der Waals surface area contributed by atoms with Crippen LogP contribution in [0.3, 0.4) is 0 Å². The highest BCUT2D eigenvalue weighted by Crippen LogP contribution is 2.43. The number of amides is 2. The average molecular weight is 701 g/mol. The summed E-state index contributed by atoms with van der Waals surface area (Å²) in [6.45, 7) is 23.5. The van der Waals surface area contributed by atoms with Crippen LogP contribution < -0.4 is 10.6 Å². The quantitative estimate of drug-likeness (QED) is 0.123. The van der Waals surface area contributed by atoms with E-state index in [0.717, 1.165) is 95.0 Å². The van der Waals surface area contributed by atoms with E-state index in [-0.39, 0.29) is 39.8 Å². The highest BCUT2D eigenvalue weighted by Gasteiger charge is 2.36. The fourth-order valence-corrected chi connectivity index (χ4v) is 8.17. The number of nitriles is 2. The molecule has 0 aromatic carbocycles. The van der Waals surface area contributed by atoms with Gasteiger partial charge in [-0.15, -0.1) is 0 Å². The molecule has 0 bridgehead atoms. The van der Waals surface area contributed by atoms with E-state index >= 15 is 0 Å². The summed E-state index contributed by atoms with van der Waals surface area (Å²) < 4.78 is 0. The summed E-state index contributed by atoms with van der Waals surface area (Å²) in [7, 11) is 0. The summed E-state index contributed by atoms with van der Waals surface area (Å²) >= 11 is 0. The monoisotopic (exact) mass is 701 g/mol. The van der Waals surface area contributed by atoms with Crippen molar-refractivity contribution in [2.24, 2.45) is 22.7 Å². The van der Waals surface area contributed by atoms with Gasteiger partial charge in [-0.3, -0.25) is 9.59 Å².